The molecule has 0 aliphatic heterocycles. The summed E-state index contributed by atoms with van der Waals surface area (Å²) in [5.41, 5.74) is 3.31. The highest BCUT2D eigenvalue weighted by Gasteiger charge is 2.22. The maximum atomic E-state index is 13.1. The molecular formula is C21H20FNO2S. The molecule has 0 spiro atoms. The van der Waals surface area contributed by atoms with Gasteiger partial charge in [0.05, 0.1) is 11.8 Å². The van der Waals surface area contributed by atoms with Crippen molar-refractivity contribution >= 4 is 10.0 Å². The van der Waals surface area contributed by atoms with E-state index in [0.29, 0.717) is 5.56 Å². The summed E-state index contributed by atoms with van der Waals surface area (Å²) < 4.78 is 41.4. The molecule has 0 fully saturated rings. The Balaban J connectivity index is 1.92. The number of benzene rings is 3. The van der Waals surface area contributed by atoms with Crippen LogP contribution < -0.4 is 4.72 Å². The van der Waals surface area contributed by atoms with Crippen LogP contribution in [0.2, 0.25) is 0 Å². The number of nitrogens with one attached hydrogen (secondary N) is 1. The largest absolute Gasteiger partial charge is 0.216 e. The van der Waals surface area contributed by atoms with E-state index < -0.39 is 16.1 Å². The van der Waals surface area contributed by atoms with Crippen molar-refractivity contribution in [2.75, 3.05) is 0 Å². The van der Waals surface area contributed by atoms with Gasteiger partial charge in [-0.25, -0.2) is 17.5 Å². The molecule has 0 saturated heterocycles. The van der Waals surface area contributed by atoms with E-state index in [9.17, 15) is 12.8 Å². The molecule has 0 aromatic heterocycles. The van der Waals surface area contributed by atoms with Gasteiger partial charge >= 0.3 is 0 Å². The molecule has 3 rings (SSSR count). The second kappa shape index (κ2) is 7.81. The number of rotatable bonds is 6. The van der Waals surface area contributed by atoms with E-state index in [0.717, 1.165) is 16.7 Å². The summed E-state index contributed by atoms with van der Waals surface area (Å²) in [5, 5.41) is 0. The van der Waals surface area contributed by atoms with Crippen molar-refractivity contribution in [3.8, 4) is 0 Å². The quantitative estimate of drug-likeness (QED) is 0.702. The monoisotopic (exact) mass is 369 g/mol. The zero-order chi connectivity index (χ0) is 18.6. The Kier molecular flexibility index (Phi) is 5.49. The van der Waals surface area contributed by atoms with E-state index in [2.05, 4.69) is 4.72 Å². The fourth-order valence-electron chi connectivity index (χ4n) is 2.89. The molecule has 3 aromatic carbocycles. The van der Waals surface area contributed by atoms with Gasteiger partial charge in [0.15, 0.2) is 0 Å². The minimum absolute atomic E-state index is 0.206. The first kappa shape index (κ1) is 18.3. The molecule has 0 aliphatic rings. The summed E-state index contributed by atoms with van der Waals surface area (Å²) >= 11 is 0. The van der Waals surface area contributed by atoms with Gasteiger partial charge in [0.2, 0.25) is 10.0 Å². The minimum atomic E-state index is -3.63. The first-order valence-corrected chi connectivity index (χ1v) is 9.95. The second-order valence-corrected chi connectivity index (χ2v) is 7.96. The van der Waals surface area contributed by atoms with Gasteiger partial charge in [-0.2, -0.15) is 0 Å². The van der Waals surface area contributed by atoms with Gasteiger partial charge in [-0.3, -0.25) is 0 Å². The molecule has 0 aliphatic carbocycles. The Labute approximate surface area is 153 Å². The lowest BCUT2D eigenvalue weighted by Crippen LogP contribution is -2.31. The van der Waals surface area contributed by atoms with E-state index in [4.69, 9.17) is 0 Å². The van der Waals surface area contributed by atoms with Gasteiger partial charge in [0, 0.05) is 0 Å². The normalized spacial score (nSPS) is 12.7. The maximum absolute atomic E-state index is 13.1. The number of sulfonamides is 1. The molecule has 0 saturated carbocycles. The van der Waals surface area contributed by atoms with Gasteiger partial charge < -0.3 is 0 Å². The Morgan fingerprint density at radius 3 is 2.15 bits per heavy atom. The summed E-state index contributed by atoms with van der Waals surface area (Å²) in [7, 11) is -3.63. The molecule has 0 bridgehead atoms. The van der Waals surface area contributed by atoms with Gasteiger partial charge in [-0.1, -0.05) is 66.7 Å². The summed E-state index contributed by atoms with van der Waals surface area (Å²) in [5.74, 6) is -0.594. The zero-order valence-electron chi connectivity index (χ0n) is 14.4. The Bertz CT molecular complexity index is 970. The molecule has 0 radical (unpaired) electrons. The van der Waals surface area contributed by atoms with Crippen LogP contribution in [-0.4, -0.2) is 8.42 Å². The highest BCUT2D eigenvalue weighted by molar-refractivity contribution is 7.88. The molecule has 1 atom stereocenters. The first-order valence-electron chi connectivity index (χ1n) is 8.29. The number of aryl methyl sites for hydroxylation is 1. The Hall–Kier alpha value is -2.50. The third-order valence-corrected chi connectivity index (χ3v) is 5.51. The molecule has 0 amide bonds. The van der Waals surface area contributed by atoms with Crippen molar-refractivity contribution < 1.29 is 12.8 Å². The lowest BCUT2D eigenvalue weighted by molar-refractivity contribution is 0.570. The lowest BCUT2D eigenvalue weighted by atomic mass is 9.96. The van der Waals surface area contributed by atoms with Crippen molar-refractivity contribution in [2.24, 2.45) is 0 Å². The van der Waals surface area contributed by atoms with Crippen LogP contribution in [0.5, 0.6) is 0 Å². The molecule has 3 aromatic rings. The van der Waals surface area contributed by atoms with Crippen molar-refractivity contribution in [2.45, 2.75) is 18.7 Å². The topological polar surface area (TPSA) is 46.2 Å². The van der Waals surface area contributed by atoms with E-state index in [1.165, 1.54) is 24.3 Å². The van der Waals surface area contributed by atoms with E-state index in [1.807, 2.05) is 61.5 Å². The van der Waals surface area contributed by atoms with Crippen molar-refractivity contribution in [3.63, 3.8) is 0 Å². The van der Waals surface area contributed by atoms with Crippen molar-refractivity contribution in [1.82, 2.24) is 4.72 Å². The molecule has 0 unspecified atom stereocenters. The van der Waals surface area contributed by atoms with Crippen LogP contribution in [0.3, 0.4) is 0 Å². The fraction of sp³-hybridized carbons (Fsp3) is 0.143. The molecule has 1 N–H and O–H groups in total. The second-order valence-electron chi connectivity index (χ2n) is 6.20. The molecule has 26 heavy (non-hydrogen) atoms. The lowest BCUT2D eigenvalue weighted by Gasteiger charge is -2.21. The van der Waals surface area contributed by atoms with E-state index in [1.54, 1.807) is 0 Å². The minimum Gasteiger partial charge on any atom is -0.212 e. The fourth-order valence-corrected chi connectivity index (χ4v) is 4.23. The molecular weight excluding hydrogens is 349 g/mol. The van der Waals surface area contributed by atoms with Crippen LogP contribution in [0, 0.1) is 12.7 Å². The standard InChI is InChI=1S/C21H20FNO2S/c1-16-7-5-6-10-20(16)21(18-8-3-2-4-9-18)23-26(24,25)15-17-11-13-19(22)14-12-17/h2-14,21,23H,15H2,1H3/t21-/m0/s1. The SMILES string of the molecule is Cc1ccccc1[C@@H](NS(=O)(=O)Cc1ccc(F)cc1)c1ccccc1. The number of hydrogen-bond donors (Lipinski definition) is 1. The summed E-state index contributed by atoms with van der Waals surface area (Å²) in [6.45, 7) is 1.96. The van der Waals surface area contributed by atoms with E-state index >= 15 is 0 Å². The smallest absolute Gasteiger partial charge is 0.212 e. The molecule has 5 heteroatoms. The maximum Gasteiger partial charge on any atom is 0.216 e. The predicted molar refractivity (Wildman–Crippen MR) is 102 cm³/mol. The van der Waals surface area contributed by atoms with Gasteiger partial charge in [-0.15, -0.1) is 0 Å². The van der Waals surface area contributed by atoms with Gasteiger partial charge in [0.25, 0.3) is 0 Å². The third-order valence-electron chi connectivity index (χ3n) is 4.20. The number of halogens is 1. The first-order chi connectivity index (χ1) is 12.4. The van der Waals surface area contributed by atoms with Crippen LogP contribution in [0.4, 0.5) is 4.39 Å². The highest BCUT2D eigenvalue weighted by atomic mass is 32.2. The Morgan fingerprint density at radius 2 is 1.50 bits per heavy atom. The van der Waals surface area contributed by atoms with Crippen LogP contribution in [0.25, 0.3) is 0 Å². The summed E-state index contributed by atoms with van der Waals surface area (Å²) in [6, 6.07) is 22.2. The Morgan fingerprint density at radius 1 is 0.885 bits per heavy atom. The van der Waals surface area contributed by atoms with Crippen molar-refractivity contribution in [3.05, 3.63) is 107 Å². The summed E-state index contributed by atoms with van der Waals surface area (Å²) in [4.78, 5) is 0. The molecule has 0 heterocycles. The zero-order valence-corrected chi connectivity index (χ0v) is 15.2. The van der Waals surface area contributed by atoms with Crippen LogP contribution >= 0.6 is 0 Å². The van der Waals surface area contributed by atoms with Crippen LogP contribution in [0.15, 0.2) is 78.9 Å². The summed E-state index contributed by atoms with van der Waals surface area (Å²) in [6.07, 6.45) is 0. The van der Waals surface area contributed by atoms with Crippen LogP contribution in [0.1, 0.15) is 28.3 Å². The highest BCUT2D eigenvalue weighted by Crippen LogP contribution is 2.26. The average Bonchev–Trinajstić information content (AvgIpc) is 2.63. The molecule has 3 nitrogen and oxygen atoms in total. The molecule has 134 valence electrons. The van der Waals surface area contributed by atoms with Crippen LogP contribution in [-0.2, 0) is 15.8 Å². The average molecular weight is 369 g/mol. The third kappa shape index (κ3) is 4.56. The van der Waals surface area contributed by atoms with Gasteiger partial charge in [0.1, 0.15) is 5.82 Å². The van der Waals surface area contributed by atoms with Crippen molar-refractivity contribution in [1.29, 1.82) is 0 Å². The predicted octanol–water partition coefficient (Wildman–Crippen LogP) is 4.34. The van der Waals surface area contributed by atoms with Gasteiger partial charge in [-0.05, 0) is 41.3 Å². The van der Waals surface area contributed by atoms with E-state index in [-0.39, 0.29) is 11.6 Å². The number of hydrogen-bond acceptors (Lipinski definition) is 2.